The number of ether oxygens (including phenoxy) is 1. The van der Waals surface area contributed by atoms with E-state index in [1.54, 1.807) is 7.11 Å². The maximum absolute atomic E-state index is 9.28. The Balaban J connectivity index is 2.08. The Morgan fingerprint density at radius 1 is 1.39 bits per heavy atom. The number of aliphatic hydroxyl groups excluding tert-OH is 1. The lowest BCUT2D eigenvalue weighted by molar-refractivity contribution is 0.0834. The van der Waals surface area contributed by atoms with Crippen molar-refractivity contribution >= 4 is 11.6 Å². The summed E-state index contributed by atoms with van der Waals surface area (Å²) in [5.41, 5.74) is 0. The molecule has 0 aliphatic heterocycles. The van der Waals surface area contributed by atoms with E-state index in [1.165, 1.54) is 6.33 Å². The molecule has 6 heteroatoms. The van der Waals surface area contributed by atoms with Crippen LogP contribution in [0.1, 0.15) is 26.2 Å². The lowest BCUT2D eigenvalue weighted by Gasteiger charge is -2.32. The maximum atomic E-state index is 9.28. The molecule has 2 rings (SSSR count). The van der Waals surface area contributed by atoms with E-state index in [1.807, 2.05) is 0 Å². The van der Waals surface area contributed by atoms with Crippen LogP contribution in [-0.4, -0.2) is 40.9 Å². The summed E-state index contributed by atoms with van der Waals surface area (Å²) in [5, 5.41) is 15.8. The largest absolute Gasteiger partial charge is 0.490 e. The summed E-state index contributed by atoms with van der Waals surface area (Å²) in [7, 11) is 1.61. The van der Waals surface area contributed by atoms with E-state index in [0.29, 0.717) is 17.4 Å². The maximum Gasteiger partial charge on any atom is 0.204 e. The Bertz CT molecular complexity index is 394. The van der Waals surface area contributed by atoms with Crippen LogP contribution >= 0.6 is 0 Å². The number of aromatic nitrogens is 2. The highest BCUT2D eigenvalue weighted by molar-refractivity contribution is 5.63. The molecule has 1 aliphatic rings. The zero-order valence-corrected chi connectivity index (χ0v) is 10.8. The van der Waals surface area contributed by atoms with Gasteiger partial charge < -0.3 is 20.5 Å². The van der Waals surface area contributed by atoms with Crippen molar-refractivity contribution in [2.75, 3.05) is 24.3 Å². The van der Waals surface area contributed by atoms with Gasteiger partial charge in [0.2, 0.25) is 5.75 Å². The van der Waals surface area contributed by atoms with Crippen molar-refractivity contribution in [2.45, 2.75) is 38.3 Å². The van der Waals surface area contributed by atoms with Crippen LogP contribution < -0.4 is 15.4 Å². The molecule has 0 unspecified atom stereocenters. The molecule has 0 bridgehead atoms. The van der Waals surface area contributed by atoms with Gasteiger partial charge in [0.15, 0.2) is 11.6 Å². The molecule has 6 nitrogen and oxygen atoms in total. The molecule has 1 fully saturated rings. The van der Waals surface area contributed by atoms with Crippen molar-refractivity contribution in [3.8, 4) is 5.75 Å². The number of nitrogens with one attached hydrogen (secondary N) is 2. The van der Waals surface area contributed by atoms with Gasteiger partial charge in [-0.1, -0.05) is 6.92 Å². The second-order valence-electron chi connectivity index (χ2n) is 4.50. The number of hydrogen-bond donors (Lipinski definition) is 3. The molecule has 100 valence electrons. The van der Waals surface area contributed by atoms with Crippen molar-refractivity contribution in [1.29, 1.82) is 0 Å². The number of nitrogens with zero attached hydrogens (tertiary/aromatic N) is 2. The molecule has 0 amide bonds. The minimum atomic E-state index is -0.187. The van der Waals surface area contributed by atoms with E-state index >= 15 is 0 Å². The SMILES string of the molecule is CCCNc1ncnc(NC2CC(O)C2)c1OC. The molecule has 18 heavy (non-hydrogen) atoms. The fraction of sp³-hybridized carbons (Fsp3) is 0.667. The molecule has 1 aromatic heterocycles. The number of methoxy groups -OCH3 is 1. The molecule has 0 aromatic carbocycles. The topological polar surface area (TPSA) is 79.3 Å². The summed E-state index contributed by atoms with van der Waals surface area (Å²) >= 11 is 0. The Labute approximate surface area is 107 Å². The molecule has 3 N–H and O–H groups in total. The molecule has 1 saturated carbocycles. The van der Waals surface area contributed by atoms with Gasteiger partial charge in [0.05, 0.1) is 13.2 Å². The van der Waals surface area contributed by atoms with Crippen molar-refractivity contribution in [2.24, 2.45) is 0 Å². The average molecular weight is 252 g/mol. The first-order valence-corrected chi connectivity index (χ1v) is 6.32. The third-order valence-corrected chi connectivity index (χ3v) is 3.00. The van der Waals surface area contributed by atoms with E-state index in [4.69, 9.17) is 4.74 Å². The Morgan fingerprint density at radius 3 is 2.72 bits per heavy atom. The van der Waals surface area contributed by atoms with Gasteiger partial charge in [-0.05, 0) is 19.3 Å². The Morgan fingerprint density at radius 2 is 2.11 bits per heavy atom. The third-order valence-electron chi connectivity index (χ3n) is 3.00. The number of hydrogen-bond acceptors (Lipinski definition) is 6. The molecular formula is C12H20N4O2. The highest BCUT2D eigenvalue weighted by Gasteiger charge is 2.28. The predicted molar refractivity (Wildman–Crippen MR) is 70.0 cm³/mol. The molecule has 0 spiro atoms. The van der Waals surface area contributed by atoms with Crippen LogP contribution in [0, 0.1) is 0 Å². The summed E-state index contributed by atoms with van der Waals surface area (Å²) < 4.78 is 5.36. The molecule has 1 aromatic rings. The standard InChI is InChI=1S/C12H20N4O2/c1-3-4-13-11-10(18-2)12(15-7-14-11)16-8-5-9(17)6-8/h7-9,17H,3-6H2,1-2H3,(H2,13,14,15,16). The normalized spacial score (nSPS) is 22.2. The predicted octanol–water partition coefficient (Wildman–Crippen LogP) is 1.24. The van der Waals surface area contributed by atoms with Crippen LogP contribution in [0.3, 0.4) is 0 Å². The fourth-order valence-electron chi connectivity index (χ4n) is 1.94. The summed E-state index contributed by atoms with van der Waals surface area (Å²) in [6.07, 6.45) is 3.85. The van der Waals surface area contributed by atoms with Crippen molar-refractivity contribution in [1.82, 2.24) is 9.97 Å². The van der Waals surface area contributed by atoms with Crippen LogP contribution in [-0.2, 0) is 0 Å². The van der Waals surface area contributed by atoms with Gasteiger partial charge in [0.25, 0.3) is 0 Å². The average Bonchev–Trinajstić information content (AvgIpc) is 2.34. The minimum Gasteiger partial charge on any atom is -0.490 e. The van der Waals surface area contributed by atoms with E-state index < -0.39 is 0 Å². The van der Waals surface area contributed by atoms with E-state index in [-0.39, 0.29) is 12.1 Å². The minimum absolute atomic E-state index is 0.187. The first-order valence-electron chi connectivity index (χ1n) is 6.32. The van der Waals surface area contributed by atoms with Crippen LogP contribution in [0.4, 0.5) is 11.6 Å². The lowest BCUT2D eigenvalue weighted by Crippen LogP contribution is -2.39. The number of aliphatic hydroxyl groups is 1. The van der Waals surface area contributed by atoms with Gasteiger partial charge in [-0.2, -0.15) is 0 Å². The van der Waals surface area contributed by atoms with Gasteiger partial charge in [-0.3, -0.25) is 0 Å². The zero-order valence-electron chi connectivity index (χ0n) is 10.8. The summed E-state index contributed by atoms with van der Waals surface area (Å²) in [4.78, 5) is 8.37. The van der Waals surface area contributed by atoms with Crippen LogP contribution in [0.25, 0.3) is 0 Å². The van der Waals surface area contributed by atoms with Crippen molar-refractivity contribution < 1.29 is 9.84 Å². The van der Waals surface area contributed by atoms with E-state index in [0.717, 1.165) is 25.8 Å². The highest BCUT2D eigenvalue weighted by atomic mass is 16.5. The lowest BCUT2D eigenvalue weighted by atomic mass is 9.89. The summed E-state index contributed by atoms with van der Waals surface area (Å²) in [6.45, 7) is 2.94. The fourth-order valence-corrected chi connectivity index (χ4v) is 1.94. The molecule has 1 aliphatic carbocycles. The highest BCUT2D eigenvalue weighted by Crippen LogP contribution is 2.32. The molecule has 1 heterocycles. The van der Waals surface area contributed by atoms with E-state index in [9.17, 15) is 5.11 Å². The van der Waals surface area contributed by atoms with Crippen LogP contribution in [0.2, 0.25) is 0 Å². The zero-order chi connectivity index (χ0) is 13.0. The van der Waals surface area contributed by atoms with Crippen molar-refractivity contribution in [3.63, 3.8) is 0 Å². The van der Waals surface area contributed by atoms with Gasteiger partial charge in [-0.15, -0.1) is 0 Å². The number of anilines is 2. The second-order valence-corrected chi connectivity index (χ2v) is 4.50. The van der Waals surface area contributed by atoms with Gasteiger partial charge >= 0.3 is 0 Å². The van der Waals surface area contributed by atoms with Gasteiger partial charge in [0.1, 0.15) is 6.33 Å². The van der Waals surface area contributed by atoms with Crippen molar-refractivity contribution in [3.05, 3.63) is 6.33 Å². The first kappa shape index (κ1) is 12.9. The van der Waals surface area contributed by atoms with Gasteiger partial charge in [0, 0.05) is 12.6 Å². The molecule has 0 radical (unpaired) electrons. The molecular weight excluding hydrogens is 232 g/mol. The third kappa shape index (κ3) is 2.81. The van der Waals surface area contributed by atoms with E-state index in [2.05, 4.69) is 27.5 Å². The summed E-state index contributed by atoms with van der Waals surface area (Å²) in [5.74, 6) is 2.02. The Kier molecular flexibility index (Phi) is 4.19. The van der Waals surface area contributed by atoms with Crippen LogP contribution in [0.5, 0.6) is 5.75 Å². The van der Waals surface area contributed by atoms with Crippen LogP contribution in [0.15, 0.2) is 6.33 Å². The summed E-state index contributed by atoms with van der Waals surface area (Å²) in [6, 6.07) is 0.267. The molecule has 0 saturated heterocycles. The van der Waals surface area contributed by atoms with Gasteiger partial charge in [-0.25, -0.2) is 9.97 Å². The quantitative estimate of drug-likeness (QED) is 0.707. The molecule has 0 atom stereocenters. The smallest absolute Gasteiger partial charge is 0.204 e. The first-order chi connectivity index (χ1) is 8.74. The Hall–Kier alpha value is -1.56. The second kappa shape index (κ2) is 5.86. The number of rotatable bonds is 6. The monoisotopic (exact) mass is 252 g/mol.